The SMILES string of the molecule is CCS(=O)(=O)N1CCC(C(=O)NCc2ccc(COC)cc2)(c2ccccc2)CC1. The maximum atomic E-state index is 13.4. The molecule has 0 radical (unpaired) electrons. The second-order valence-corrected chi connectivity index (χ2v) is 9.94. The third kappa shape index (κ3) is 4.91. The third-order valence-electron chi connectivity index (χ3n) is 5.88. The predicted octanol–water partition coefficient (Wildman–Crippen LogP) is 2.83. The molecule has 0 atom stereocenters. The normalized spacial score (nSPS) is 16.9. The fraction of sp³-hybridized carbons (Fsp3) is 0.435. The van der Waals surface area contributed by atoms with Gasteiger partial charge in [-0.25, -0.2) is 12.7 Å². The van der Waals surface area contributed by atoms with Crippen molar-refractivity contribution in [2.75, 3.05) is 26.0 Å². The highest BCUT2D eigenvalue weighted by Crippen LogP contribution is 2.36. The van der Waals surface area contributed by atoms with E-state index < -0.39 is 15.4 Å². The Labute approximate surface area is 179 Å². The average Bonchev–Trinajstić information content (AvgIpc) is 2.79. The van der Waals surface area contributed by atoms with Gasteiger partial charge in [0.05, 0.1) is 17.8 Å². The highest BCUT2D eigenvalue weighted by Gasteiger charge is 2.44. The first kappa shape index (κ1) is 22.5. The number of nitrogens with zero attached hydrogens (tertiary/aromatic N) is 1. The number of methoxy groups -OCH3 is 1. The maximum Gasteiger partial charge on any atom is 0.231 e. The van der Waals surface area contributed by atoms with Crippen molar-refractivity contribution in [3.05, 3.63) is 71.3 Å². The first-order valence-electron chi connectivity index (χ1n) is 10.3. The van der Waals surface area contributed by atoms with E-state index in [2.05, 4.69) is 5.32 Å². The van der Waals surface area contributed by atoms with Crippen molar-refractivity contribution >= 4 is 15.9 Å². The summed E-state index contributed by atoms with van der Waals surface area (Å²) in [7, 11) is -1.59. The lowest BCUT2D eigenvalue weighted by Crippen LogP contribution is -2.52. The van der Waals surface area contributed by atoms with Gasteiger partial charge in [0, 0.05) is 26.7 Å². The van der Waals surface area contributed by atoms with Crippen LogP contribution in [-0.2, 0) is 38.1 Å². The summed E-state index contributed by atoms with van der Waals surface area (Å²) in [5.74, 6) is 0.0274. The van der Waals surface area contributed by atoms with Gasteiger partial charge in [0.25, 0.3) is 0 Å². The summed E-state index contributed by atoms with van der Waals surface area (Å²) >= 11 is 0. The molecule has 2 aromatic carbocycles. The molecule has 1 N–H and O–H groups in total. The summed E-state index contributed by atoms with van der Waals surface area (Å²) in [4.78, 5) is 13.4. The summed E-state index contributed by atoms with van der Waals surface area (Å²) in [5, 5.41) is 3.09. The Balaban J connectivity index is 1.75. The van der Waals surface area contributed by atoms with Crippen LogP contribution in [0.15, 0.2) is 54.6 Å². The van der Waals surface area contributed by atoms with Crippen LogP contribution in [0.1, 0.15) is 36.5 Å². The third-order valence-corrected chi connectivity index (χ3v) is 7.76. The second kappa shape index (κ2) is 9.73. The van der Waals surface area contributed by atoms with E-state index in [9.17, 15) is 13.2 Å². The first-order chi connectivity index (χ1) is 14.4. The Morgan fingerprint density at radius 3 is 2.20 bits per heavy atom. The number of hydrogen-bond donors (Lipinski definition) is 1. The van der Waals surface area contributed by atoms with Gasteiger partial charge in [-0.2, -0.15) is 0 Å². The lowest BCUT2D eigenvalue weighted by Gasteiger charge is -2.40. The van der Waals surface area contributed by atoms with Crippen LogP contribution < -0.4 is 5.32 Å². The molecule has 30 heavy (non-hydrogen) atoms. The molecule has 3 rings (SSSR count). The molecule has 2 aromatic rings. The predicted molar refractivity (Wildman–Crippen MR) is 117 cm³/mol. The van der Waals surface area contributed by atoms with Crippen molar-refractivity contribution in [3.8, 4) is 0 Å². The van der Waals surface area contributed by atoms with Crippen molar-refractivity contribution in [1.29, 1.82) is 0 Å². The Morgan fingerprint density at radius 2 is 1.63 bits per heavy atom. The fourth-order valence-electron chi connectivity index (χ4n) is 4.00. The lowest BCUT2D eigenvalue weighted by molar-refractivity contribution is -0.128. The summed E-state index contributed by atoms with van der Waals surface area (Å²) < 4.78 is 31.2. The summed E-state index contributed by atoms with van der Waals surface area (Å²) in [6, 6.07) is 17.7. The van der Waals surface area contributed by atoms with Crippen LogP contribution in [0.5, 0.6) is 0 Å². The molecular weight excluding hydrogens is 400 g/mol. The number of rotatable bonds is 8. The minimum absolute atomic E-state index is 0.0526. The number of piperidine rings is 1. The average molecular weight is 431 g/mol. The number of hydrogen-bond acceptors (Lipinski definition) is 4. The molecule has 7 heteroatoms. The quantitative estimate of drug-likeness (QED) is 0.699. The molecule has 6 nitrogen and oxygen atoms in total. The number of amides is 1. The van der Waals surface area contributed by atoms with E-state index in [4.69, 9.17) is 4.74 Å². The van der Waals surface area contributed by atoms with E-state index in [1.54, 1.807) is 14.0 Å². The zero-order valence-corrected chi connectivity index (χ0v) is 18.5. The molecule has 1 amide bonds. The summed E-state index contributed by atoms with van der Waals surface area (Å²) in [6.07, 6.45) is 0.934. The molecule has 0 unspecified atom stereocenters. The lowest BCUT2D eigenvalue weighted by atomic mass is 9.72. The van der Waals surface area contributed by atoms with Gasteiger partial charge >= 0.3 is 0 Å². The van der Waals surface area contributed by atoms with Crippen LogP contribution in [0.2, 0.25) is 0 Å². The smallest absolute Gasteiger partial charge is 0.231 e. The molecule has 0 bridgehead atoms. The van der Waals surface area contributed by atoms with E-state index in [1.165, 1.54) is 4.31 Å². The number of ether oxygens (including phenoxy) is 1. The van der Waals surface area contributed by atoms with E-state index in [0.29, 0.717) is 39.1 Å². The van der Waals surface area contributed by atoms with Crippen molar-refractivity contribution in [2.45, 2.75) is 38.3 Å². The Hall–Kier alpha value is -2.22. The van der Waals surface area contributed by atoms with Crippen LogP contribution in [0, 0.1) is 0 Å². The number of carbonyl (C=O) groups excluding carboxylic acids is 1. The van der Waals surface area contributed by atoms with Crippen LogP contribution in [0.25, 0.3) is 0 Å². The molecule has 0 aliphatic carbocycles. The summed E-state index contributed by atoms with van der Waals surface area (Å²) in [5.41, 5.74) is 2.30. The van der Waals surface area contributed by atoms with E-state index >= 15 is 0 Å². The van der Waals surface area contributed by atoms with Gasteiger partial charge in [0.1, 0.15) is 0 Å². The van der Waals surface area contributed by atoms with Gasteiger partial charge in [0.2, 0.25) is 15.9 Å². The van der Waals surface area contributed by atoms with Crippen molar-refractivity contribution in [3.63, 3.8) is 0 Å². The second-order valence-electron chi connectivity index (χ2n) is 7.68. The van der Waals surface area contributed by atoms with E-state index in [-0.39, 0.29) is 11.7 Å². The molecule has 0 aromatic heterocycles. The first-order valence-corrected chi connectivity index (χ1v) is 11.9. The minimum Gasteiger partial charge on any atom is -0.380 e. The van der Waals surface area contributed by atoms with E-state index in [1.807, 2.05) is 54.6 Å². The number of carbonyl (C=O) groups is 1. The topological polar surface area (TPSA) is 75.7 Å². The highest BCUT2D eigenvalue weighted by atomic mass is 32.2. The molecular formula is C23H30N2O4S. The molecule has 1 saturated heterocycles. The molecule has 1 aliphatic rings. The van der Waals surface area contributed by atoms with Crippen LogP contribution >= 0.6 is 0 Å². The fourth-order valence-corrected chi connectivity index (χ4v) is 5.11. The van der Waals surface area contributed by atoms with Crippen molar-refractivity contribution in [1.82, 2.24) is 9.62 Å². The monoisotopic (exact) mass is 430 g/mol. The van der Waals surface area contributed by atoms with Crippen LogP contribution in [0.4, 0.5) is 0 Å². The van der Waals surface area contributed by atoms with Gasteiger partial charge < -0.3 is 10.1 Å². The van der Waals surface area contributed by atoms with Crippen molar-refractivity contribution < 1.29 is 17.9 Å². The highest BCUT2D eigenvalue weighted by molar-refractivity contribution is 7.89. The zero-order chi connectivity index (χ0) is 21.6. The van der Waals surface area contributed by atoms with Crippen LogP contribution in [0.3, 0.4) is 0 Å². The van der Waals surface area contributed by atoms with Gasteiger partial charge in [-0.15, -0.1) is 0 Å². The zero-order valence-electron chi connectivity index (χ0n) is 17.6. The molecule has 1 heterocycles. The largest absolute Gasteiger partial charge is 0.380 e. The van der Waals surface area contributed by atoms with Gasteiger partial charge in [-0.1, -0.05) is 54.6 Å². The van der Waals surface area contributed by atoms with Crippen molar-refractivity contribution in [2.24, 2.45) is 0 Å². The summed E-state index contributed by atoms with van der Waals surface area (Å²) in [6.45, 7) is 3.34. The Bertz CT molecular complexity index is 935. The Morgan fingerprint density at radius 1 is 1.03 bits per heavy atom. The maximum absolute atomic E-state index is 13.4. The van der Waals surface area contributed by atoms with Gasteiger partial charge in [-0.3, -0.25) is 4.79 Å². The molecule has 0 spiro atoms. The molecule has 0 saturated carbocycles. The number of nitrogens with one attached hydrogen (secondary N) is 1. The van der Waals surface area contributed by atoms with Gasteiger partial charge in [0.15, 0.2) is 0 Å². The Kier molecular flexibility index (Phi) is 7.28. The van der Waals surface area contributed by atoms with E-state index in [0.717, 1.165) is 16.7 Å². The minimum atomic E-state index is -3.25. The van der Waals surface area contributed by atoms with Crippen LogP contribution in [-0.4, -0.2) is 44.6 Å². The standard InChI is InChI=1S/C23H30N2O4S/c1-3-30(27,28)25-15-13-23(14-16-25,21-7-5-4-6-8-21)22(26)24-17-19-9-11-20(12-10-19)18-29-2/h4-12H,3,13-18H2,1-2H3,(H,24,26). The molecule has 1 aliphatic heterocycles. The molecule has 162 valence electrons. The number of benzene rings is 2. The van der Waals surface area contributed by atoms with Gasteiger partial charge in [-0.05, 0) is 36.5 Å². The molecule has 1 fully saturated rings. The number of sulfonamides is 1.